The Bertz CT molecular complexity index is 1150. The third kappa shape index (κ3) is 5.27. The van der Waals surface area contributed by atoms with E-state index >= 15 is 0 Å². The van der Waals surface area contributed by atoms with Gasteiger partial charge in [-0.2, -0.15) is 5.10 Å². The lowest BCUT2D eigenvalue weighted by molar-refractivity contribution is 0.0714. The Balaban J connectivity index is 1.37. The molecule has 5 rings (SSSR count). The zero-order chi connectivity index (χ0) is 24.2. The zero-order valence-electron chi connectivity index (χ0n) is 19.9. The zero-order valence-corrected chi connectivity index (χ0v) is 19.9. The van der Waals surface area contributed by atoms with E-state index in [1.165, 1.54) is 23.8 Å². The highest BCUT2D eigenvalue weighted by atomic mass is 19.1. The number of nitrogens with zero attached hydrogens (tertiary/aromatic N) is 5. The van der Waals surface area contributed by atoms with E-state index in [2.05, 4.69) is 11.1 Å². The molecule has 1 aromatic carbocycles. The van der Waals surface area contributed by atoms with Gasteiger partial charge in [0.25, 0.3) is 5.91 Å². The lowest BCUT2D eigenvalue weighted by atomic mass is 10.0. The molecule has 2 aliphatic heterocycles. The van der Waals surface area contributed by atoms with Crippen molar-refractivity contribution in [2.75, 3.05) is 19.6 Å². The first-order valence-electron chi connectivity index (χ1n) is 12.5. The minimum Gasteiger partial charge on any atom is -0.337 e. The fraction of sp³-hybridized carbons (Fsp3) is 0.444. The van der Waals surface area contributed by atoms with Crippen molar-refractivity contribution in [2.24, 2.45) is 0 Å². The van der Waals surface area contributed by atoms with Crippen LogP contribution in [-0.2, 0) is 32.5 Å². The molecule has 1 amide bonds. The number of hydrogen-bond donors (Lipinski definition) is 0. The highest BCUT2D eigenvalue weighted by Crippen LogP contribution is 2.27. The molecule has 0 bridgehead atoms. The first-order valence-corrected chi connectivity index (χ1v) is 12.5. The monoisotopic (exact) mass is 479 g/mol. The third-order valence-electron chi connectivity index (χ3n) is 7.06. The molecule has 0 N–H and O–H groups in total. The first-order chi connectivity index (χ1) is 17.1. The van der Waals surface area contributed by atoms with Crippen LogP contribution in [0, 0.1) is 11.6 Å². The van der Waals surface area contributed by atoms with Crippen LogP contribution in [0.5, 0.6) is 0 Å². The van der Waals surface area contributed by atoms with Crippen LogP contribution in [-0.4, -0.2) is 50.1 Å². The van der Waals surface area contributed by atoms with Crippen LogP contribution in [0.25, 0.3) is 0 Å². The molecule has 184 valence electrons. The fourth-order valence-electron chi connectivity index (χ4n) is 5.17. The Labute approximate surface area is 204 Å². The molecule has 0 unspecified atom stereocenters. The quantitative estimate of drug-likeness (QED) is 0.505. The number of aromatic nitrogens is 3. The number of fused-ring (bicyclic) bond motifs is 1. The standard InChI is InChI=1S/C27H31F2N5O/c28-23-9-4-10-24(29)21(23)18-32-16-11-25-22(19-32)26(27(35)33-13-2-1-3-14-33)31-34(25)15-6-8-20-7-5-12-30-17-20/h4-5,7,9-10,12,17H,1-3,6,8,11,13-16,18-19H2. The maximum Gasteiger partial charge on any atom is 0.274 e. The van der Waals surface area contributed by atoms with Gasteiger partial charge in [0.05, 0.1) is 0 Å². The van der Waals surface area contributed by atoms with Crippen molar-refractivity contribution in [3.63, 3.8) is 0 Å². The summed E-state index contributed by atoms with van der Waals surface area (Å²) in [4.78, 5) is 21.6. The van der Waals surface area contributed by atoms with Gasteiger partial charge >= 0.3 is 0 Å². The molecular formula is C27H31F2N5O. The highest BCUT2D eigenvalue weighted by Gasteiger charge is 2.31. The van der Waals surface area contributed by atoms with E-state index in [0.29, 0.717) is 31.7 Å². The summed E-state index contributed by atoms with van der Waals surface area (Å²) < 4.78 is 30.6. The van der Waals surface area contributed by atoms with Gasteiger partial charge in [-0.25, -0.2) is 8.78 Å². The second kappa shape index (κ2) is 10.6. The molecule has 0 saturated carbocycles. The van der Waals surface area contributed by atoms with Crippen LogP contribution < -0.4 is 0 Å². The summed E-state index contributed by atoms with van der Waals surface area (Å²) in [5.74, 6) is -1.09. The van der Waals surface area contributed by atoms with E-state index in [4.69, 9.17) is 5.10 Å². The SMILES string of the molecule is O=C(c1nn(CCCc2cccnc2)c2c1CN(Cc1c(F)cccc1F)CC2)N1CCCCC1. The van der Waals surface area contributed by atoms with E-state index in [-0.39, 0.29) is 18.0 Å². The van der Waals surface area contributed by atoms with Gasteiger partial charge in [-0.05, 0) is 55.9 Å². The molecule has 0 atom stereocenters. The van der Waals surface area contributed by atoms with Gasteiger partial charge < -0.3 is 4.90 Å². The number of aryl methyl sites for hydroxylation is 2. The van der Waals surface area contributed by atoms with Crippen LogP contribution in [0.1, 0.15) is 58.6 Å². The molecular weight excluding hydrogens is 448 g/mol. The second-order valence-electron chi connectivity index (χ2n) is 9.48. The minimum absolute atomic E-state index is 0.0223. The number of amides is 1. The van der Waals surface area contributed by atoms with Crippen LogP contribution in [0.4, 0.5) is 8.78 Å². The summed E-state index contributed by atoms with van der Waals surface area (Å²) in [7, 11) is 0. The fourth-order valence-corrected chi connectivity index (χ4v) is 5.17. The Morgan fingerprint density at radius 1 is 1.00 bits per heavy atom. The van der Waals surface area contributed by atoms with Crippen LogP contribution in [0.15, 0.2) is 42.7 Å². The van der Waals surface area contributed by atoms with Crippen molar-refractivity contribution in [2.45, 2.75) is 58.2 Å². The van der Waals surface area contributed by atoms with E-state index in [1.54, 1.807) is 6.20 Å². The van der Waals surface area contributed by atoms with Crippen molar-refractivity contribution in [3.8, 4) is 0 Å². The number of hydrogen-bond acceptors (Lipinski definition) is 4. The van der Waals surface area contributed by atoms with Gasteiger partial charge in [-0.1, -0.05) is 12.1 Å². The number of piperidine rings is 1. The topological polar surface area (TPSA) is 54.3 Å². The average Bonchev–Trinajstić information content (AvgIpc) is 3.25. The molecule has 0 spiro atoms. The normalized spacial score (nSPS) is 16.3. The van der Waals surface area contributed by atoms with Gasteiger partial charge in [0.1, 0.15) is 11.6 Å². The molecule has 2 aromatic heterocycles. The predicted molar refractivity (Wildman–Crippen MR) is 129 cm³/mol. The van der Waals surface area contributed by atoms with Gasteiger partial charge in [0.15, 0.2) is 5.69 Å². The maximum atomic E-state index is 14.3. The Morgan fingerprint density at radius 3 is 2.54 bits per heavy atom. The summed E-state index contributed by atoms with van der Waals surface area (Å²) in [6.07, 6.45) is 9.29. The number of carbonyl (C=O) groups excluding carboxylic acids is 1. The minimum atomic E-state index is -0.536. The lowest BCUT2D eigenvalue weighted by Crippen LogP contribution is -2.37. The van der Waals surface area contributed by atoms with E-state index in [9.17, 15) is 13.6 Å². The molecule has 0 radical (unpaired) electrons. The van der Waals surface area contributed by atoms with E-state index in [1.807, 2.05) is 26.7 Å². The molecule has 1 saturated heterocycles. The number of halogens is 2. The van der Waals surface area contributed by atoms with Gasteiger partial charge in [0.2, 0.25) is 0 Å². The maximum absolute atomic E-state index is 14.3. The van der Waals surface area contributed by atoms with Crippen molar-refractivity contribution < 1.29 is 13.6 Å². The number of pyridine rings is 1. The van der Waals surface area contributed by atoms with E-state index < -0.39 is 11.6 Å². The lowest BCUT2D eigenvalue weighted by Gasteiger charge is -2.29. The number of carbonyl (C=O) groups is 1. The molecule has 4 heterocycles. The number of rotatable bonds is 7. The van der Waals surface area contributed by atoms with E-state index in [0.717, 1.165) is 56.5 Å². The highest BCUT2D eigenvalue weighted by molar-refractivity contribution is 5.94. The summed E-state index contributed by atoms with van der Waals surface area (Å²) in [5, 5.41) is 4.81. The average molecular weight is 480 g/mol. The van der Waals surface area contributed by atoms with Gasteiger partial charge in [-0.15, -0.1) is 0 Å². The molecule has 2 aliphatic rings. The summed E-state index contributed by atoms with van der Waals surface area (Å²) in [6, 6.07) is 7.97. The Morgan fingerprint density at radius 2 is 1.80 bits per heavy atom. The Kier molecular flexibility index (Phi) is 7.18. The molecule has 8 heteroatoms. The van der Waals surface area contributed by atoms with Crippen LogP contribution >= 0.6 is 0 Å². The van der Waals surface area contributed by atoms with Crippen molar-refractivity contribution in [1.82, 2.24) is 24.6 Å². The van der Waals surface area contributed by atoms with Gasteiger partial charge in [0, 0.05) is 74.9 Å². The summed E-state index contributed by atoms with van der Waals surface area (Å²) >= 11 is 0. The van der Waals surface area contributed by atoms with Crippen LogP contribution in [0.2, 0.25) is 0 Å². The summed E-state index contributed by atoms with van der Waals surface area (Å²) in [5.41, 5.74) is 3.73. The van der Waals surface area contributed by atoms with Crippen molar-refractivity contribution in [1.29, 1.82) is 0 Å². The largest absolute Gasteiger partial charge is 0.337 e. The number of likely N-dealkylation sites (tertiary alicyclic amines) is 1. The van der Waals surface area contributed by atoms with Crippen LogP contribution in [0.3, 0.4) is 0 Å². The molecule has 0 aliphatic carbocycles. The molecule has 35 heavy (non-hydrogen) atoms. The second-order valence-corrected chi connectivity index (χ2v) is 9.48. The predicted octanol–water partition coefficient (Wildman–Crippen LogP) is 4.37. The third-order valence-corrected chi connectivity index (χ3v) is 7.06. The van der Waals surface area contributed by atoms with Crippen molar-refractivity contribution >= 4 is 5.91 Å². The van der Waals surface area contributed by atoms with Crippen molar-refractivity contribution in [3.05, 3.63) is 82.4 Å². The number of benzene rings is 1. The molecule has 6 nitrogen and oxygen atoms in total. The Hall–Kier alpha value is -3.13. The van der Waals surface area contributed by atoms with Gasteiger partial charge in [-0.3, -0.25) is 19.4 Å². The molecule has 3 aromatic rings. The summed E-state index contributed by atoms with van der Waals surface area (Å²) in [6.45, 7) is 3.51. The first kappa shape index (κ1) is 23.6. The smallest absolute Gasteiger partial charge is 0.274 e. The molecule has 1 fully saturated rings.